The molecule has 14 heavy (non-hydrogen) atoms. The van der Waals surface area contributed by atoms with E-state index in [1.165, 1.54) is 0 Å². The molecule has 0 aliphatic heterocycles. The smallest absolute Gasteiger partial charge is 0.0449 e. The molecule has 0 saturated heterocycles. The molecule has 0 fully saturated rings. The molecule has 1 aromatic heterocycles. The molecule has 0 saturated carbocycles. The third-order valence-electron chi connectivity index (χ3n) is 1.89. The van der Waals surface area contributed by atoms with Gasteiger partial charge in [0.1, 0.15) is 0 Å². The van der Waals surface area contributed by atoms with Crippen LogP contribution in [-0.2, 0) is 0 Å². The number of hydrogen-bond acceptors (Lipinski definition) is 2. The average molecular weight is 192 g/mol. The Morgan fingerprint density at radius 3 is 2.43 bits per heavy atom. The average Bonchev–Trinajstić information content (AvgIpc) is 2.01. The predicted octanol–water partition coefficient (Wildman–Crippen LogP) is 3.42. The van der Waals surface area contributed by atoms with Gasteiger partial charge >= 0.3 is 0 Å². The summed E-state index contributed by atoms with van der Waals surface area (Å²) in [4.78, 5) is 4.33. The lowest BCUT2D eigenvalue weighted by atomic mass is 10.1. The highest BCUT2D eigenvalue weighted by Gasteiger charge is 2.10. The molecule has 78 valence electrons. The summed E-state index contributed by atoms with van der Waals surface area (Å²) in [6.45, 7) is 10.8. The van der Waals surface area contributed by atoms with Crippen molar-refractivity contribution in [3.63, 3.8) is 0 Å². The van der Waals surface area contributed by atoms with Crippen LogP contribution in [0.1, 0.15) is 46.2 Å². The van der Waals surface area contributed by atoms with Gasteiger partial charge in [0.15, 0.2) is 0 Å². The van der Waals surface area contributed by atoms with Gasteiger partial charge in [-0.25, -0.2) is 0 Å². The monoisotopic (exact) mass is 192 g/mol. The zero-order valence-corrected chi connectivity index (χ0v) is 9.76. The van der Waals surface area contributed by atoms with Crippen molar-refractivity contribution in [1.29, 1.82) is 0 Å². The second kappa shape index (κ2) is 3.99. The normalized spacial score (nSPS) is 11.9. The minimum Gasteiger partial charge on any atom is -0.380 e. The van der Waals surface area contributed by atoms with Gasteiger partial charge in [-0.1, -0.05) is 13.8 Å². The van der Waals surface area contributed by atoms with Crippen molar-refractivity contribution in [2.24, 2.45) is 0 Å². The molecule has 1 aromatic rings. The van der Waals surface area contributed by atoms with Crippen molar-refractivity contribution < 1.29 is 0 Å². The van der Waals surface area contributed by atoms with E-state index < -0.39 is 0 Å². The maximum atomic E-state index is 4.33. The highest BCUT2D eigenvalue weighted by atomic mass is 15.0. The quantitative estimate of drug-likeness (QED) is 0.776. The Balaban J connectivity index is 2.84. The molecule has 1 rings (SSSR count). The van der Waals surface area contributed by atoms with Crippen LogP contribution in [0.15, 0.2) is 18.3 Å². The van der Waals surface area contributed by atoms with E-state index in [2.05, 4.69) is 51.0 Å². The summed E-state index contributed by atoms with van der Waals surface area (Å²) in [6, 6.07) is 4.13. The van der Waals surface area contributed by atoms with Crippen molar-refractivity contribution in [2.45, 2.75) is 46.1 Å². The standard InChI is InChI=1S/C12H20N2/c1-9(2)11-8-10(6-7-13-11)14-12(3,4)5/h6-9H,1-5H3,(H,13,14). The first-order valence-electron chi connectivity index (χ1n) is 5.12. The van der Waals surface area contributed by atoms with E-state index >= 15 is 0 Å². The largest absolute Gasteiger partial charge is 0.380 e. The summed E-state index contributed by atoms with van der Waals surface area (Å²) in [6.07, 6.45) is 1.86. The Bertz CT molecular complexity index is 297. The molecule has 0 bridgehead atoms. The van der Waals surface area contributed by atoms with Crippen LogP contribution >= 0.6 is 0 Å². The Morgan fingerprint density at radius 1 is 1.29 bits per heavy atom. The van der Waals surface area contributed by atoms with Crippen LogP contribution in [0.2, 0.25) is 0 Å². The number of rotatable bonds is 2. The van der Waals surface area contributed by atoms with E-state index in [1.807, 2.05) is 12.3 Å². The van der Waals surface area contributed by atoms with E-state index in [0.717, 1.165) is 11.4 Å². The van der Waals surface area contributed by atoms with Crippen LogP contribution in [0.5, 0.6) is 0 Å². The Morgan fingerprint density at radius 2 is 1.93 bits per heavy atom. The second-order valence-corrected chi connectivity index (χ2v) is 5.00. The van der Waals surface area contributed by atoms with Gasteiger partial charge in [-0.2, -0.15) is 0 Å². The van der Waals surface area contributed by atoms with E-state index in [1.54, 1.807) is 0 Å². The van der Waals surface area contributed by atoms with E-state index in [9.17, 15) is 0 Å². The van der Waals surface area contributed by atoms with Crippen molar-refractivity contribution >= 4 is 5.69 Å². The lowest BCUT2D eigenvalue weighted by Crippen LogP contribution is -2.26. The van der Waals surface area contributed by atoms with Crippen LogP contribution in [0.25, 0.3) is 0 Å². The summed E-state index contributed by atoms with van der Waals surface area (Å²) in [7, 11) is 0. The summed E-state index contributed by atoms with van der Waals surface area (Å²) >= 11 is 0. The number of anilines is 1. The van der Waals surface area contributed by atoms with E-state index in [-0.39, 0.29) is 5.54 Å². The molecule has 0 aliphatic carbocycles. The zero-order chi connectivity index (χ0) is 10.8. The Hall–Kier alpha value is -1.05. The van der Waals surface area contributed by atoms with Crippen LogP contribution in [0.4, 0.5) is 5.69 Å². The summed E-state index contributed by atoms with van der Waals surface area (Å²) in [5, 5.41) is 3.44. The minimum atomic E-state index is 0.107. The first-order chi connectivity index (χ1) is 6.38. The first kappa shape index (κ1) is 11.0. The SMILES string of the molecule is CC(C)c1cc(NC(C)(C)C)ccn1. The minimum absolute atomic E-state index is 0.107. The third-order valence-corrected chi connectivity index (χ3v) is 1.89. The van der Waals surface area contributed by atoms with Gasteiger partial charge in [0, 0.05) is 23.1 Å². The maximum Gasteiger partial charge on any atom is 0.0449 e. The highest BCUT2D eigenvalue weighted by Crippen LogP contribution is 2.18. The molecule has 1 N–H and O–H groups in total. The molecule has 0 unspecified atom stereocenters. The fraction of sp³-hybridized carbons (Fsp3) is 0.583. The lowest BCUT2D eigenvalue weighted by Gasteiger charge is -2.22. The molecule has 0 spiro atoms. The van der Waals surface area contributed by atoms with Gasteiger partial charge in [0.05, 0.1) is 0 Å². The van der Waals surface area contributed by atoms with Gasteiger partial charge in [-0.05, 0) is 38.8 Å². The molecule has 0 radical (unpaired) electrons. The van der Waals surface area contributed by atoms with E-state index in [0.29, 0.717) is 5.92 Å². The van der Waals surface area contributed by atoms with E-state index in [4.69, 9.17) is 0 Å². The molecule has 2 heteroatoms. The van der Waals surface area contributed by atoms with Crippen LogP contribution in [-0.4, -0.2) is 10.5 Å². The topological polar surface area (TPSA) is 24.9 Å². The number of pyridine rings is 1. The van der Waals surface area contributed by atoms with Gasteiger partial charge < -0.3 is 5.32 Å². The predicted molar refractivity (Wildman–Crippen MR) is 61.7 cm³/mol. The van der Waals surface area contributed by atoms with Crippen molar-refractivity contribution in [2.75, 3.05) is 5.32 Å². The number of hydrogen-bond donors (Lipinski definition) is 1. The van der Waals surface area contributed by atoms with Crippen LogP contribution in [0, 0.1) is 0 Å². The fourth-order valence-electron chi connectivity index (χ4n) is 1.27. The van der Waals surface area contributed by atoms with Crippen LogP contribution < -0.4 is 5.32 Å². The second-order valence-electron chi connectivity index (χ2n) is 5.00. The number of nitrogens with zero attached hydrogens (tertiary/aromatic N) is 1. The lowest BCUT2D eigenvalue weighted by molar-refractivity contribution is 0.633. The highest BCUT2D eigenvalue weighted by molar-refractivity contribution is 5.45. The van der Waals surface area contributed by atoms with Gasteiger partial charge in [0.2, 0.25) is 0 Å². The fourth-order valence-corrected chi connectivity index (χ4v) is 1.27. The van der Waals surface area contributed by atoms with Crippen molar-refractivity contribution in [3.8, 4) is 0 Å². The van der Waals surface area contributed by atoms with Gasteiger partial charge in [0.25, 0.3) is 0 Å². The first-order valence-corrected chi connectivity index (χ1v) is 5.12. The maximum absolute atomic E-state index is 4.33. The molecule has 0 aromatic carbocycles. The molecule has 2 nitrogen and oxygen atoms in total. The molecular formula is C12H20N2. The summed E-state index contributed by atoms with van der Waals surface area (Å²) < 4.78 is 0. The molecule has 0 aliphatic rings. The van der Waals surface area contributed by atoms with Gasteiger partial charge in [-0.15, -0.1) is 0 Å². The summed E-state index contributed by atoms with van der Waals surface area (Å²) in [5.74, 6) is 0.483. The number of nitrogens with one attached hydrogen (secondary N) is 1. The Labute approximate surface area is 86.8 Å². The van der Waals surface area contributed by atoms with Crippen molar-refractivity contribution in [1.82, 2.24) is 4.98 Å². The number of aromatic nitrogens is 1. The molecule has 0 amide bonds. The molecule has 0 atom stereocenters. The summed E-state index contributed by atoms with van der Waals surface area (Å²) in [5.41, 5.74) is 2.39. The zero-order valence-electron chi connectivity index (χ0n) is 9.76. The van der Waals surface area contributed by atoms with Crippen LogP contribution in [0.3, 0.4) is 0 Å². The molecular weight excluding hydrogens is 172 g/mol. The Kier molecular flexibility index (Phi) is 3.14. The molecule has 1 heterocycles. The van der Waals surface area contributed by atoms with Crippen molar-refractivity contribution in [3.05, 3.63) is 24.0 Å². The third kappa shape index (κ3) is 3.36. The van der Waals surface area contributed by atoms with Gasteiger partial charge in [-0.3, -0.25) is 4.98 Å².